The van der Waals surface area contributed by atoms with Crippen molar-refractivity contribution in [2.75, 3.05) is 7.05 Å². The number of hydrogen-bond donors (Lipinski definition) is 1. The Morgan fingerprint density at radius 3 is 2.89 bits per heavy atom. The van der Waals surface area contributed by atoms with Crippen molar-refractivity contribution >= 4 is 15.9 Å². The van der Waals surface area contributed by atoms with Gasteiger partial charge < -0.3 is 5.32 Å². The first-order chi connectivity index (χ1) is 8.69. The second-order valence-electron chi connectivity index (χ2n) is 5.31. The van der Waals surface area contributed by atoms with Crippen LogP contribution in [0.2, 0.25) is 0 Å². The van der Waals surface area contributed by atoms with E-state index in [0.717, 1.165) is 16.5 Å². The standard InChI is InChI=1S/C15H21BrFN/c1-18-14-5-3-2-4-11(9-14)8-12-10-13(16)6-7-15(12)17/h6-7,10-11,14,18H,2-5,8-9H2,1H3. The molecule has 0 aromatic heterocycles. The Morgan fingerprint density at radius 1 is 1.33 bits per heavy atom. The Hall–Kier alpha value is -0.410. The third-order valence-electron chi connectivity index (χ3n) is 3.96. The molecule has 1 aliphatic carbocycles. The molecule has 18 heavy (non-hydrogen) atoms. The smallest absolute Gasteiger partial charge is 0.126 e. The van der Waals surface area contributed by atoms with Crippen molar-refractivity contribution < 1.29 is 4.39 Å². The van der Waals surface area contributed by atoms with E-state index in [9.17, 15) is 4.39 Å². The van der Waals surface area contributed by atoms with Gasteiger partial charge in [-0.25, -0.2) is 4.39 Å². The maximum Gasteiger partial charge on any atom is 0.126 e. The largest absolute Gasteiger partial charge is 0.317 e. The summed E-state index contributed by atoms with van der Waals surface area (Å²) in [6.45, 7) is 0. The highest BCUT2D eigenvalue weighted by molar-refractivity contribution is 9.10. The van der Waals surface area contributed by atoms with Crippen LogP contribution in [-0.2, 0) is 6.42 Å². The molecule has 2 atom stereocenters. The van der Waals surface area contributed by atoms with E-state index >= 15 is 0 Å². The summed E-state index contributed by atoms with van der Waals surface area (Å²) in [5, 5.41) is 3.38. The molecule has 0 spiro atoms. The molecule has 1 aromatic carbocycles. The van der Waals surface area contributed by atoms with Gasteiger partial charge in [-0.05, 0) is 56.0 Å². The van der Waals surface area contributed by atoms with Gasteiger partial charge in [0.15, 0.2) is 0 Å². The number of hydrogen-bond acceptors (Lipinski definition) is 1. The average molecular weight is 314 g/mol. The lowest BCUT2D eigenvalue weighted by atomic mass is 9.91. The van der Waals surface area contributed by atoms with Gasteiger partial charge >= 0.3 is 0 Å². The van der Waals surface area contributed by atoms with E-state index < -0.39 is 0 Å². The summed E-state index contributed by atoms with van der Waals surface area (Å²) in [4.78, 5) is 0. The van der Waals surface area contributed by atoms with Crippen LogP contribution in [0.3, 0.4) is 0 Å². The third kappa shape index (κ3) is 3.79. The summed E-state index contributed by atoms with van der Waals surface area (Å²) in [7, 11) is 2.03. The van der Waals surface area contributed by atoms with E-state index in [1.165, 1.54) is 32.1 Å². The van der Waals surface area contributed by atoms with E-state index in [2.05, 4.69) is 21.2 Å². The quantitative estimate of drug-likeness (QED) is 0.820. The number of nitrogens with one attached hydrogen (secondary N) is 1. The first kappa shape index (κ1) is 14.0. The van der Waals surface area contributed by atoms with Crippen LogP contribution in [0.1, 0.15) is 37.7 Å². The van der Waals surface area contributed by atoms with Gasteiger partial charge in [-0.3, -0.25) is 0 Å². The van der Waals surface area contributed by atoms with Gasteiger partial charge in [0.25, 0.3) is 0 Å². The Kier molecular flexibility index (Phi) is 5.19. The topological polar surface area (TPSA) is 12.0 Å². The third-order valence-corrected chi connectivity index (χ3v) is 4.45. The zero-order valence-corrected chi connectivity index (χ0v) is 12.5. The van der Waals surface area contributed by atoms with Crippen molar-refractivity contribution in [1.82, 2.24) is 5.32 Å². The van der Waals surface area contributed by atoms with Crippen molar-refractivity contribution in [3.63, 3.8) is 0 Å². The van der Waals surface area contributed by atoms with Crippen LogP contribution in [0, 0.1) is 11.7 Å². The van der Waals surface area contributed by atoms with E-state index in [4.69, 9.17) is 0 Å². The Balaban J connectivity index is 2.04. The average Bonchev–Trinajstić information content (AvgIpc) is 2.59. The molecule has 0 aliphatic heterocycles. The molecule has 0 saturated heterocycles. The van der Waals surface area contributed by atoms with Crippen LogP contribution in [0.5, 0.6) is 0 Å². The lowest BCUT2D eigenvalue weighted by molar-refractivity contribution is 0.395. The van der Waals surface area contributed by atoms with Crippen molar-refractivity contribution in [1.29, 1.82) is 0 Å². The summed E-state index contributed by atoms with van der Waals surface area (Å²) in [5.41, 5.74) is 0.853. The molecular weight excluding hydrogens is 293 g/mol. The minimum atomic E-state index is -0.0662. The fourth-order valence-corrected chi connectivity index (χ4v) is 3.33. The minimum Gasteiger partial charge on any atom is -0.317 e. The summed E-state index contributed by atoms with van der Waals surface area (Å²) in [6, 6.07) is 5.86. The maximum atomic E-state index is 13.8. The van der Waals surface area contributed by atoms with Crippen molar-refractivity contribution in [3.8, 4) is 0 Å². The lowest BCUT2D eigenvalue weighted by Crippen LogP contribution is -2.27. The van der Waals surface area contributed by atoms with Gasteiger partial charge in [-0.2, -0.15) is 0 Å². The molecule has 1 saturated carbocycles. The molecule has 0 radical (unpaired) electrons. The molecule has 2 unspecified atom stereocenters. The normalized spacial score (nSPS) is 24.8. The van der Waals surface area contributed by atoms with E-state index in [-0.39, 0.29) is 5.82 Å². The van der Waals surface area contributed by atoms with Gasteiger partial charge in [-0.15, -0.1) is 0 Å². The fourth-order valence-electron chi connectivity index (χ4n) is 2.92. The van der Waals surface area contributed by atoms with Crippen molar-refractivity contribution in [2.24, 2.45) is 5.92 Å². The predicted molar refractivity (Wildman–Crippen MR) is 77.2 cm³/mol. The fraction of sp³-hybridized carbons (Fsp3) is 0.600. The van der Waals surface area contributed by atoms with E-state index in [0.29, 0.717) is 12.0 Å². The summed E-state index contributed by atoms with van der Waals surface area (Å²) >= 11 is 3.42. The van der Waals surface area contributed by atoms with E-state index in [1.54, 1.807) is 12.1 Å². The molecule has 2 rings (SSSR count). The van der Waals surface area contributed by atoms with Crippen LogP contribution >= 0.6 is 15.9 Å². The van der Waals surface area contributed by atoms with Gasteiger partial charge in [0.1, 0.15) is 5.82 Å². The second-order valence-corrected chi connectivity index (χ2v) is 6.23. The first-order valence-electron chi connectivity index (χ1n) is 6.80. The lowest BCUT2D eigenvalue weighted by Gasteiger charge is -2.20. The molecule has 0 amide bonds. The Morgan fingerprint density at radius 2 is 2.11 bits per heavy atom. The van der Waals surface area contributed by atoms with Crippen molar-refractivity contribution in [2.45, 2.75) is 44.6 Å². The van der Waals surface area contributed by atoms with Crippen LogP contribution in [0.25, 0.3) is 0 Å². The molecule has 1 fully saturated rings. The van der Waals surface area contributed by atoms with Crippen LogP contribution in [-0.4, -0.2) is 13.1 Å². The number of rotatable bonds is 3. The number of halogens is 2. The van der Waals surface area contributed by atoms with Crippen LogP contribution in [0.4, 0.5) is 4.39 Å². The zero-order valence-electron chi connectivity index (χ0n) is 10.9. The van der Waals surface area contributed by atoms with E-state index in [1.807, 2.05) is 13.1 Å². The van der Waals surface area contributed by atoms with Crippen molar-refractivity contribution in [3.05, 3.63) is 34.1 Å². The monoisotopic (exact) mass is 313 g/mol. The first-order valence-corrected chi connectivity index (χ1v) is 7.59. The molecular formula is C15H21BrFN. The van der Waals surface area contributed by atoms with Crippen LogP contribution < -0.4 is 5.32 Å². The molecule has 1 nitrogen and oxygen atoms in total. The molecule has 100 valence electrons. The minimum absolute atomic E-state index is 0.0662. The van der Waals surface area contributed by atoms with Gasteiger partial charge in [0, 0.05) is 10.5 Å². The summed E-state index contributed by atoms with van der Waals surface area (Å²) in [6.07, 6.45) is 7.09. The SMILES string of the molecule is CNC1CCCCC(Cc2cc(Br)ccc2F)C1. The summed E-state index contributed by atoms with van der Waals surface area (Å²) in [5.74, 6) is 0.539. The maximum absolute atomic E-state index is 13.8. The molecule has 1 aliphatic rings. The van der Waals surface area contributed by atoms with Gasteiger partial charge in [0.2, 0.25) is 0 Å². The Labute approximate surface area is 117 Å². The molecule has 1 aromatic rings. The second kappa shape index (κ2) is 6.67. The highest BCUT2D eigenvalue weighted by atomic mass is 79.9. The Bertz CT molecular complexity index is 394. The van der Waals surface area contributed by atoms with Gasteiger partial charge in [-0.1, -0.05) is 35.2 Å². The highest BCUT2D eigenvalue weighted by Gasteiger charge is 2.20. The highest BCUT2D eigenvalue weighted by Crippen LogP contribution is 2.28. The van der Waals surface area contributed by atoms with Crippen LogP contribution in [0.15, 0.2) is 22.7 Å². The summed E-state index contributed by atoms with van der Waals surface area (Å²) < 4.78 is 14.7. The zero-order chi connectivity index (χ0) is 13.0. The molecule has 3 heteroatoms. The van der Waals surface area contributed by atoms with Gasteiger partial charge in [0.05, 0.1) is 0 Å². The molecule has 0 bridgehead atoms. The molecule has 0 heterocycles. The molecule has 1 N–H and O–H groups in total. The number of benzene rings is 1. The predicted octanol–water partition coefficient (Wildman–Crippen LogP) is 4.30.